The van der Waals surface area contributed by atoms with Crippen molar-refractivity contribution >= 4 is 5.91 Å². The molecule has 1 unspecified atom stereocenters. The molecular weight excluding hydrogens is 216 g/mol. The van der Waals surface area contributed by atoms with Crippen molar-refractivity contribution in [3.63, 3.8) is 0 Å². The van der Waals surface area contributed by atoms with E-state index in [9.17, 15) is 9.90 Å². The van der Waals surface area contributed by atoms with Crippen molar-refractivity contribution in [3.8, 4) is 0 Å². The van der Waals surface area contributed by atoms with Crippen molar-refractivity contribution in [1.82, 2.24) is 10.2 Å². The fraction of sp³-hybridized carbons (Fsp3) is 0.923. The lowest BCUT2D eigenvalue weighted by Gasteiger charge is -2.28. The smallest absolute Gasteiger partial charge is 0.221 e. The van der Waals surface area contributed by atoms with Gasteiger partial charge in [0.1, 0.15) is 0 Å². The van der Waals surface area contributed by atoms with Crippen LogP contribution in [0.1, 0.15) is 46.0 Å². The highest BCUT2D eigenvalue weighted by Crippen LogP contribution is 2.16. The van der Waals surface area contributed by atoms with Crippen molar-refractivity contribution in [3.05, 3.63) is 0 Å². The Morgan fingerprint density at radius 1 is 1.41 bits per heavy atom. The number of likely N-dealkylation sites (tertiary alicyclic amines) is 1. The Kier molecular flexibility index (Phi) is 6.52. The number of carbonyl (C=O) groups is 1. The number of rotatable bonds is 5. The van der Waals surface area contributed by atoms with Gasteiger partial charge in [-0.05, 0) is 33.2 Å². The van der Waals surface area contributed by atoms with Gasteiger partial charge in [0.15, 0.2) is 0 Å². The van der Waals surface area contributed by atoms with Gasteiger partial charge < -0.3 is 10.4 Å². The molecule has 1 atom stereocenters. The molecule has 4 heteroatoms. The minimum Gasteiger partial charge on any atom is -0.395 e. The fourth-order valence-corrected chi connectivity index (χ4v) is 2.38. The van der Waals surface area contributed by atoms with Crippen LogP contribution in [0.2, 0.25) is 0 Å². The highest BCUT2D eigenvalue weighted by atomic mass is 16.3. The Hall–Kier alpha value is -0.610. The van der Waals surface area contributed by atoms with E-state index in [-0.39, 0.29) is 24.6 Å². The van der Waals surface area contributed by atoms with Crippen molar-refractivity contribution in [2.24, 2.45) is 0 Å². The highest BCUT2D eigenvalue weighted by molar-refractivity contribution is 5.76. The monoisotopic (exact) mass is 242 g/mol. The van der Waals surface area contributed by atoms with Crippen LogP contribution in [0.3, 0.4) is 0 Å². The maximum Gasteiger partial charge on any atom is 0.221 e. The first-order chi connectivity index (χ1) is 8.13. The summed E-state index contributed by atoms with van der Waals surface area (Å²) in [5.74, 6) is 0.112. The average Bonchev–Trinajstić information content (AvgIpc) is 2.49. The van der Waals surface area contributed by atoms with Gasteiger partial charge in [-0.2, -0.15) is 0 Å². The zero-order valence-corrected chi connectivity index (χ0v) is 11.1. The van der Waals surface area contributed by atoms with Crippen molar-refractivity contribution in [2.45, 2.75) is 58.0 Å². The van der Waals surface area contributed by atoms with Gasteiger partial charge in [0, 0.05) is 25.0 Å². The molecule has 2 N–H and O–H groups in total. The summed E-state index contributed by atoms with van der Waals surface area (Å²) < 4.78 is 0. The van der Waals surface area contributed by atoms with Gasteiger partial charge in [0.2, 0.25) is 5.91 Å². The predicted octanol–water partition coefficient (Wildman–Crippen LogP) is 1.14. The Morgan fingerprint density at radius 3 is 2.82 bits per heavy atom. The fourth-order valence-electron chi connectivity index (χ4n) is 2.38. The van der Waals surface area contributed by atoms with Gasteiger partial charge >= 0.3 is 0 Å². The van der Waals surface area contributed by atoms with Gasteiger partial charge in [-0.3, -0.25) is 9.69 Å². The Bertz CT molecular complexity index is 231. The second-order valence-electron chi connectivity index (χ2n) is 5.19. The third-order valence-electron chi connectivity index (χ3n) is 3.29. The first kappa shape index (κ1) is 14.5. The quantitative estimate of drug-likeness (QED) is 0.760. The summed E-state index contributed by atoms with van der Waals surface area (Å²) in [5, 5.41) is 12.3. The summed E-state index contributed by atoms with van der Waals surface area (Å²) in [7, 11) is 0. The number of amides is 1. The van der Waals surface area contributed by atoms with E-state index in [0.717, 1.165) is 19.5 Å². The van der Waals surface area contributed by atoms with E-state index >= 15 is 0 Å². The van der Waals surface area contributed by atoms with Crippen LogP contribution in [0.5, 0.6) is 0 Å². The highest BCUT2D eigenvalue weighted by Gasteiger charge is 2.20. The Morgan fingerprint density at radius 2 is 2.18 bits per heavy atom. The number of nitrogens with one attached hydrogen (secondary N) is 1. The lowest BCUT2D eigenvalue weighted by Crippen LogP contribution is -2.40. The predicted molar refractivity (Wildman–Crippen MR) is 68.8 cm³/mol. The summed E-state index contributed by atoms with van der Waals surface area (Å²) in [6.07, 6.45) is 5.21. The second kappa shape index (κ2) is 7.67. The molecule has 100 valence electrons. The van der Waals surface area contributed by atoms with Gasteiger partial charge in [-0.15, -0.1) is 0 Å². The van der Waals surface area contributed by atoms with E-state index in [1.54, 1.807) is 0 Å². The minimum absolute atomic E-state index is 0.112. The van der Waals surface area contributed by atoms with Crippen LogP contribution in [-0.4, -0.2) is 47.7 Å². The molecule has 1 heterocycles. The minimum atomic E-state index is 0.112. The average molecular weight is 242 g/mol. The van der Waals surface area contributed by atoms with Crippen LogP contribution >= 0.6 is 0 Å². The molecule has 0 saturated carbocycles. The molecule has 1 aliphatic heterocycles. The van der Waals surface area contributed by atoms with Crippen LogP contribution in [0.25, 0.3) is 0 Å². The molecule has 0 bridgehead atoms. The normalized spacial score (nSPS) is 22.5. The lowest BCUT2D eigenvalue weighted by atomic mass is 10.1. The number of hydrogen-bond acceptors (Lipinski definition) is 3. The molecule has 17 heavy (non-hydrogen) atoms. The molecule has 4 nitrogen and oxygen atoms in total. The third kappa shape index (κ3) is 5.50. The number of nitrogens with zero attached hydrogens (tertiary/aromatic N) is 1. The van der Waals surface area contributed by atoms with E-state index in [0.29, 0.717) is 6.42 Å². The van der Waals surface area contributed by atoms with E-state index in [1.165, 1.54) is 19.3 Å². The summed E-state index contributed by atoms with van der Waals surface area (Å²) in [6, 6.07) is 0.463. The first-order valence-electron chi connectivity index (χ1n) is 6.77. The van der Waals surface area contributed by atoms with E-state index < -0.39 is 0 Å². The molecule has 0 aromatic heterocycles. The second-order valence-corrected chi connectivity index (χ2v) is 5.19. The van der Waals surface area contributed by atoms with Gasteiger partial charge in [-0.25, -0.2) is 0 Å². The zero-order chi connectivity index (χ0) is 12.7. The molecule has 0 spiro atoms. The van der Waals surface area contributed by atoms with Gasteiger partial charge in [-0.1, -0.05) is 12.8 Å². The number of carbonyl (C=O) groups excluding carboxylic acids is 1. The van der Waals surface area contributed by atoms with Crippen molar-refractivity contribution in [2.75, 3.05) is 19.7 Å². The molecular formula is C13H26N2O2. The summed E-state index contributed by atoms with van der Waals surface area (Å²) in [5.41, 5.74) is 0. The van der Waals surface area contributed by atoms with E-state index in [2.05, 4.69) is 10.2 Å². The molecule has 0 aliphatic carbocycles. The topological polar surface area (TPSA) is 52.6 Å². The molecule has 1 rings (SSSR count). The molecule has 1 saturated heterocycles. The number of aliphatic hydroxyl groups excluding tert-OH is 1. The van der Waals surface area contributed by atoms with Crippen molar-refractivity contribution < 1.29 is 9.90 Å². The molecule has 0 aromatic rings. The van der Waals surface area contributed by atoms with Gasteiger partial charge in [0.25, 0.3) is 0 Å². The van der Waals surface area contributed by atoms with Crippen LogP contribution in [-0.2, 0) is 4.79 Å². The molecule has 1 aliphatic rings. The zero-order valence-electron chi connectivity index (χ0n) is 11.1. The number of hydrogen-bond donors (Lipinski definition) is 2. The lowest BCUT2D eigenvalue weighted by molar-refractivity contribution is -0.122. The third-order valence-corrected chi connectivity index (χ3v) is 3.29. The summed E-state index contributed by atoms with van der Waals surface area (Å²) in [6.45, 7) is 5.94. The molecule has 0 aromatic carbocycles. The summed E-state index contributed by atoms with van der Waals surface area (Å²) >= 11 is 0. The SMILES string of the molecule is CC(C)NC(=O)CCN1CCCCCC1CO. The Balaban J connectivity index is 2.34. The summed E-state index contributed by atoms with van der Waals surface area (Å²) in [4.78, 5) is 13.8. The first-order valence-corrected chi connectivity index (χ1v) is 6.77. The maximum atomic E-state index is 11.6. The Labute approximate surface area is 104 Å². The standard InChI is InChI=1S/C13H26N2O2/c1-11(2)14-13(17)7-9-15-8-5-3-4-6-12(15)10-16/h11-12,16H,3-10H2,1-2H3,(H,14,17). The van der Waals surface area contributed by atoms with Crippen LogP contribution in [0, 0.1) is 0 Å². The number of aliphatic hydroxyl groups is 1. The molecule has 0 radical (unpaired) electrons. The van der Waals surface area contributed by atoms with Crippen LogP contribution in [0.4, 0.5) is 0 Å². The molecule has 1 fully saturated rings. The van der Waals surface area contributed by atoms with Crippen LogP contribution in [0.15, 0.2) is 0 Å². The van der Waals surface area contributed by atoms with Crippen LogP contribution < -0.4 is 5.32 Å². The maximum absolute atomic E-state index is 11.6. The van der Waals surface area contributed by atoms with E-state index in [4.69, 9.17) is 0 Å². The van der Waals surface area contributed by atoms with Crippen molar-refractivity contribution in [1.29, 1.82) is 0 Å². The largest absolute Gasteiger partial charge is 0.395 e. The van der Waals surface area contributed by atoms with E-state index in [1.807, 2.05) is 13.8 Å². The molecule has 1 amide bonds. The van der Waals surface area contributed by atoms with Gasteiger partial charge in [0.05, 0.1) is 6.61 Å².